The monoisotopic (exact) mass is 457 g/mol. The van der Waals surface area contributed by atoms with Crippen LogP contribution in [0.3, 0.4) is 0 Å². The summed E-state index contributed by atoms with van der Waals surface area (Å²) in [4.78, 5) is 20.9. The Hall–Kier alpha value is -2.87. The van der Waals surface area contributed by atoms with Crippen LogP contribution >= 0.6 is 0 Å². The van der Waals surface area contributed by atoms with E-state index in [0.29, 0.717) is 30.3 Å². The Morgan fingerprint density at radius 2 is 1.70 bits per heavy atom. The van der Waals surface area contributed by atoms with Gasteiger partial charge < -0.3 is 9.64 Å². The molecule has 174 valence electrons. The van der Waals surface area contributed by atoms with Gasteiger partial charge in [0.15, 0.2) is 6.23 Å². The first-order valence-electron chi connectivity index (χ1n) is 11.4. The quantitative estimate of drug-likeness (QED) is 0.677. The first-order valence-corrected chi connectivity index (χ1v) is 11.4. The van der Waals surface area contributed by atoms with E-state index in [1.165, 1.54) is 12.1 Å². The van der Waals surface area contributed by atoms with Gasteiger partial charge in [-0.25, -0.2) is 0 Å². The van der Waals surface area contributed by atoms with Crippen LogP contribution < -0.4 is 4.74 Å². The number of amides is 1. The number of alkyl halides is 3. The highest BCUT2D eigenvalue weighted by molar-refractivity contribution is 5.86. The van der Waals surface area contributed by atoms with E-state index in [4.69, 9.17) is 4.74 Å². The molecular formula is C25H26F3N3O2. The number of benzene rings is 2. The largest absolute Gasteiger partial charge is 0.472 e. The second-order valence-electron chi connectivity index (χ2n) is 8.85. The summed E-state index contributed by atoms with van der Waals surface area (Å²) in [6.07, 6.45) is 0.772. The van der Waals surface area contributed by atoms with Gasteiger partial charge in [-0.05, 0) is 54.7 Å². The number of hydrogen-bond donors (Lipinski definition) is 0. The Bertz CT molecular complexity index is 1040. The van der Waals surface area contributed by atoms with E-state index in [0.717, 1.165) is 62.2 Å². The molecule has 0 radical (unpaired) electrons. The van der Waals surface area contributed by atoms with E-state index < -0.39 is 11.7 Å². The molecule has 33 heavy (non-hydrogen) atoms. The maximum absolute atomic E-state index is 12.8. The highest BCUT2D eigenvalue weighted by atomic mass is 19.4. The third-order valence-electron chi connectivity index (χ3n) is 6.77. The van der Waals surface area contributed by atoms with Gasteiger partial charge in [0, 0.05) is 43.9 Å². The Balaban J connectivity index is 1.26. The van der Waals surface area contributed by atoms with Crippen LogP contribution in [0.25, 0.3) is 11.1 Å². The molecular weight excluding hydrogens is 431 g/mol. The van der Waals surface area contributed by atoms with Gasteiger partial charge in [-0.2, -0.15) is 13.2 Å². The molecule has 1 amide bonds. The maximum atomic E-state index is 12.8. The molecule has 3 aliphatic rings. The van der Waals surface area contributed by atoms with Crippen molar-refractivity contribution in [1.82, 2.24) is 9.80 Å². The Morgan fingerprint density at radius 1 is 0.970 bits per heavy atom. The molecule has 5 rings (SSSR count). The number of carbonyl (C=O) groups is 1. The highest BCUT2D eigenvalue weighted by Crippen LogP contribution is 2.33. The van der Waals surface area contributed by atoms with Gasteiger partial charge in [-0.1, -0.05) is 18.2 Å². The number of hydrogen-bond acceptors (Lipinski definition) is 4. The van der Waals surface area contributed by atoms with Crippen LogP contribution in [0, 0.1) is 0 Å². The van der Waals surface area contributed by atoms with Crippen LogP contribution in [0.15, 0.2) is 47.5 Å². The molecule has 0 aromatic heterocycles. The molecule has 5 nitrogen and oxygen atoms in total. The third-order valence-corrected chi connectivity index (χ3v) is 6.77. The fourth-order valence-electron chi connectivity index (χ4n) is 4.94. The zero-order valence-electron chi connectivity index (χ0n) is 18.2. The van der Waals surface area contributed by atoms with Crippen molar-refractivity contribution >= 4 is 12.1 Å². The summed E-state index contributed by atoms with van der Waals surface area (Å²) in [5.74, 6) is 0.996. The molecule has 0 aliphatic carbocycles. The zero-order chi connectivity index (χ0) is 23.0. The van der Waals surface area contributed by atoms with E-state index in [9.17, 15) is 18.0 Å². The molecule has 0 bridgehead atoms. The number of nitrogens with zero attached hydrogens (tertiary/aromatic N) is 3. The van der Waals surface area contributed by atoms with Gasteiger partial charge >= 0.3 is 6.18 Å². The summed E-state index contributed by atoms with van der Waals surface area (Å²) in [6.45, 7) is 3.10. The van der Waals surface area contributed by atoms with Crippen molar-refractivity contribution in [2.75, 3.05) is 26.2 Å². The van der Waals surface area contributed by atoms with Crippen molar-refractivity contribution in [2.45, 2.75) is 44.1 Å². The van der Waals surface area contributed by atoms with E-state index in [-0.39, 0.29) is 12.1 Å². The molecule has 2 aromatic rings. The van der Waals surface area contributed by atoms with Gasteiger partial charge in [0.25, 0.3) is 0 Å². The Labute approximate surface area is 190 Å². The fraction of sp³-hybridized carbons (Fsp3) is 0.440. The Kier molecular flexibility index (Phi) is 5.86. The minimum absolute atomic E-state index is 0.172. The number of piperidine rings is 1. The SMILES string of the molecule is O=C1CCCN1C1CCN(C2CN=Cc3cc(-c4ccc(C(F)(F)F)cc4)ccc3O2)CC1. The summed E-state index contributed by atoms with van der Waals surface area (Å²) >= 11 is 0. The molecule has 3 aliphatic heterocycles. The number of rotatable bonds is 3. The van der Waals surface area contributed by atoms with Crippen LogP contribution in [-0.4, -0.2) is 60.4 Å². The van der Waals surface area contributed by atoms with Crippen LogP contribution in [0.5, 0.6) is 5.75 Å². The number of aliphatic imine (C=N–C) groups is 1. The molecule has 8 heteroatoms. The molecule has 2 fully saturated rings. The summed E-state index contributed by atoms with van der Waals surface area (Å²) < 4.78 is 44.8. The average molecular weight is 457 g/mol. The van der Waals surface area contributed by atoms with Crippen molar-refractivity contribution in [3.63, 3.8) is 0 Å². The summed E-state index contributed by atoms with van der Waals surface area (Å²) in [5, 5.41) is 0. The fourth-order valence-corrected chi connectivity index (χ4v) is 4.94. The van der Waals surface area contributed by atoms with E-state index >= 15 is 0 Å². The highest BCUT2D eigenvalue weighted by Gasteiger charge is 2.34. The lowest BCUT2D eigenvalue weighted by Crippen LogP contribution is -2.50. The number of halogens is 3. The van der Waals surface area contributed by atoms with Gasteiger partial charge in [-0.3, -0.25) is 14.7 Å². The zero-order valence-corrected chi connectivity index (χ0v) is 18.2. The van der Waals surface area contributed by atoms with Crippen molar-refractivity contribution in [3.8, 4) is 16.9 Å². The smallest absolute Gasteiger partial charge is 0.416 e. The molecule has 1 unspecified atom stereocenters. The number of likely N-dealkylation sites (tertiary alicyclic amines) is 2. The Morgan fingerprint density at radius 3 is 2.36 bits per heavy atom. The lowest BCUT2D eigenvalue weighted by Gasteiger charge is -2.39. The molecule has 3 heterocycles. The molecule has 0 N–H and O–H groups in total. The van der Waals surface area contributed by atoms with E-state index in [1.807, 2.05) is 23.1 Å². The maximum Gasteiger partial charge on any atom is 0.416 e. The molecule has 2 aromatic carbocycles. The minimum atomic E-state index is -4.35. The van der Waals surface area contributed by atoms with Crippen LogP contribution in [-0.2, 0) is 11.0 Å². The topological polar surface area (TPSA) is 45.1 Å². The second kappa shape index (κ2) is 8.82. The summed E-state index contributed by atoms with van der Waals surface area (Å²) in [6, 6.07) is 11.1. The molecule has 2 saturated heterocycles. The van der Waals surface area contributed by atoms with Gasteiger partial charge in [0.05, 0.1) is 12.1 Å². The van der Waals surface area contributed by atoms with Gasteiger partial charge in [0.2, 0.25) is 5.91 Å². The third kappa shape index (κ3) is 4.62. The lowest BCUT2D eigenvalue weighted by atomic mass is 10.0. The van der Waals surface area contributed by atoms with Crippen molar-refractivity contribution in [2.24, 2.45) is 4.99 Å². The van der Waals surface area contributed by atoms with Gasteiger partial charge in [-0.15, -0.1) is 0 Å². The first-order chi connectivity index (χ1) is 15.9. The van der Waals surface area contributed by atoms with Crippen LogP contribution in [0.1, 0.15) is 36.8 Å². The predicted molar refractivity (Wildman–Crippen MR) is 119 cm³/mol. The van der Waals surface area contributed by atoms with Crippen molar-refractivity contribution in [3.05, 3.63) is 53.6 Å². The molecule has 0 spiro atoms. The van der Waals surface area contributed by atoms with Crippen LogP contribution in [0.4, 0.5) is 13.2 Å². The van der Waals surface area contributed by atoms with Gasteiger partial charge in [0.1, 0.15) is 5.75 Å². The summed E-state index contributed by atoms with van der Waals surface area (Å²) in [5.41, 5.74) is 1.67. The number of carbonyl (C=O) groups excluding carboxylic acids is 1. The lowest BCUT2D eigenvalue weighted by molar-refractivity contribution is -0.137. The average Bonchev–Trinajstić information content (AvgIpc) is 3.12. The number of ether oxygens (including phenoxy) is 1. The molecule has 1 atom stereocenters. The second-order valence-corrected chi connectivity index (χ2v) is 8.85. The number of fused-ring (bicyclic) bond motifs is 1. The summed E-state index contributed by atoms with van der Waals surface area (Å²) in [7, 11) is 0. The predicted octanol–water partition coefficient (Wildman–Crippen LogP) is 4.60. The molecule has 0 saturated carbocycles. The van der Waals surface area contributed by atoms with Crippen LogP contribution in [0.2, 0.25) is 0 Å². The standard InChI is InChI=1S/C25H26F3N3O2/c26-25(27,28)20-6-3-17(4-7-20)18-5-8-22-19(14-18)15-29-16-24(33-22)30-12-9-21(10-13-30)31-11-1-2-23(31)32/h3-8,14-15,21,24H,1-2,9-13,16H2. The van der Waals surface area contributed by atoms with E-state index in [1.54, 1.807) is 6.21 Å². The minimum Gasteiger partial charge on any atom is -0.472 e. The van der Waals surface area contributed by atoms with E-state index in [2.05, 4.69) is 9.89 Å². The normalized spacial score (nSPS) is 22.2. The first kappa shape index (κ1) is 21.9. The van der Waals surface area contributed by atoms with Crippen molar-refractivity contribution < 1.29 is 22.7 Å². The van der Waals surface area contributed by atoms with Crippen molar-refractivity contribution in [1.29, 1.82) is 0 Å².